The van der Waals surface area contributed by atoms with E-state index in [1.807, 2.05) is 56.3 Å². The van der Waals surface area contributed by atoms with Crippen molar-refractivity contribution < 1.29 is 18.7 Å². The number of likely N-dealkylation sites (N-methyl/N-ethyl adjacent to an activating group) is 1. The maximum Gasteiger partial charge on any atom is 0.311 e. The van der Waals surface area contributed by atoms with E-state index in [4.69, 9.17) is 9.15 Å². The number of carbonyl (C=O) groups excluding carboxylic acids is 2. The highest BCUT2D eigenvalue weighted by molar-refractivity contribution is 5.88. The van der Waals surface area contributed by atoms with Crippen LogP contribution in [0.4, 0.5) is 0 Å². The number of fused-ring (bicyclic) bond motifs is 1. The van der Waals surface area contributed by atoms with Gasteiger partial charge in [0.25, 0.3) is 5.91 Å². The normalized spacial score (nSPS) is 12.0. The molecule has 3 rings (SSSR count). The molecule has 5 nitrogen and oxygen atoms in total. The monoisotopic (exact) mass is 379 g/mol. The maximum atomic E-state index is 12.5. The van der Waals surface area contributed by atoms with Gasteiger partial charge in [-0.05, 0) is 49.6 Å². The Bertz CT molecular complexity index is 991. The van der Waals surface area contributed by atoms with E-state index < -0.39 is 12.1 Å². The highest BCUT2D eigenvalue weighted by Crippen LogP contribution is 2.25. The second kappa shape index (κ2) is 8.30. The molecule has 1 heterocycles. The molecule has 0 aliphatic carbocycles. The number of rotatable bonds is 6. The van der Waals surface area contributed by atoms with Gasteiger partial charge in [-0.3, -0.25) is 9.59 Å². The minimum Gasteiger partial charge on any atom is -0.464 e. The van der Waals surface area contributed by atoms with Crippen LogP contribution in [0.2, 0.25) is 0 Å². The third-order valence-electron chi connectivity index (χ3n) is 4.90. The highest BCUT2D eigenvalue weighted by Gasteiger charge is 2.22. The summed E-state index contributed by atoms with van der Waals surface area (Å²) < 4.78 is 10.9. The van der Waals surface area contributed by atoms with Crippen molar-refractivity contribution in [2.24, 2.45) is 0 Å². The van der Waals surface area contributed by atoms with Gasteiger partial charge in [0.2, 0.25) is 0 Å². The highest BCUT2D eigenvalue weighted by atomic mass is 16.5. The van der Waals surface area contributed by atoms with Gasteiger partial charge in [-0.25, -0.2) is 0 Å². The Morgan fingerprint density at radius 3 is 2.50 bits per heavy atom. The van der Waals surface area contributed by atoms with Crippen molar-refractivity contribution in [2.75, 3.05) is 7.05 Å². The summed E-state index contributed by atoms with van der Waals surface area (Å²) >= 11 is 0. The lowest BCUT2D eigenvalue weighted by atomic mass is 10.0. The van der Waals surface area contributed by atoms with Gasteiger partial charge >= 0.3 is 5.97 Å². The SMILES string of the molecule is Cc1cc2occ(CC(=O)O[C@H](C)C(=O)N(C)Cc3ccccc3)c2cc1C. The summed E-state index contributed by atoms with van der Waals surface area (Å²) in [4.78, 5) is 26.4. The van der Waals surface area contributed by atoms with E-state index in [0.717, 1.165) is 33.2 Å². The quantitative estimate of drug-likeness (QED) is 0.603. The molecule has 146 valence electrons. The first-order valence-electron chi connectivity index (χ1n) is 9.31. The lowest BCUT2D eigenvalue weighted by molar-refractivity contribution is -0.158. The van der Waals surface area contributed by atoms with Crippen molar-refractivity contribution >= 4 is 22.8 Å². The van der Waals surface area contributed by atoms with Crippen molar-refractivity contribution in [3.05, 3.63) is 71.0 Å². The molecule has 0 fully saturated rings. The van der Waals surface area contributed by atoms with E-state index in [1.165, 1.54) is 0 Å². The molecule has 1 atom stereocenters. The molecule has 0 aliphatic rings. The molecule has 0 aliphatic heterocycles. The molecule has 1 amide bonds. The number of ether oxygens (including phenoxy) is 1. The van der Waals surface area contributed by atoms with E-state index in [-0.39, 0.29) is 12.3 Å². The van der Waals surface area contributed by atoms with Crippen molar-refractivity contribution in [1.29, 1.82) is 0 Å². The van der Waals surface area contributed by atoms with Gasteiger partial charge in [0.05, 0.1) is 12.7 Å². The molecule has 0 radical (unpaired) electrons. The Balaban J connectivity index is 1.61. The molecule has 0 bridgehead atoms. The first kappa shape index (κ1) is 19.7. The third kappa shape index (κ3) is 4.42. The Morgan fingerprint density at radius 1 is 1.11 bits per heavy atom. The van der Waals surface area contributed by atoms with Crippen molar-refractivity contribution in [3.8, 4) is 0 Å². The molecule has 0 unspecified atom stereocenters. The van der Waals surface area contributed by atoms with E-state index in [1.54, 1.807) is 25.1 Å². The van der Waals surface area contributed by atoms with Crippen LogP contribution in [-0.4, -0.2) is 29.9 Å². The summed E-state index contributed by atoms with van der Waals surface area (Å²) in [5, 5.41) is 0.903. The summed E-state index contributed by atoms with van der Waals surface area (Å²) in [6, 6.07) is 13.7. The van der Waals surface area contributed by atoms with Gasteiger partial charge in [0.15, 0.2) is 6.10 Å². The Hall–Kier alpha value is -3.08. The lowest BCUT2D eigenvalue weighted by Gasteiger charge is -2.21. The lowest BCUT2D eigenvalue weighted by Crippen LogP contribution is -2.37. The number of amides is 1. The van der Waals surface area contributed by atoms with Gasteiger partial charge in [0, 0.05) is 24.5 Å². The Labute approximate surface area is 164 Å². The van der Waals surface area contributed by atoms with Crippen LogP contribution in [0.5, 0.6) is 0 Å². The summed E-state index contributed by atoms with van der Waals surface area (Å²) in [5.41, 5.74) is 4.80. The fourth-order valence-corrected chi connectivity index (χ4v) is 3.16. The largest absolute Gasteiger partial charge is 0.464 e. The summed E-state index contributed by atoms with van der Waals surface area (Å²) in [5.74, 6) is -0.685. The third-order valence-corrected chi connectivity index (χ3v) is 4.90. The van der Waals surface area contributed by atoms with Gasteiger partial charge < -0.3 is 14.1 Å². The van der Waals surface area contributed by atoms with Crippen LogP contribution in [-0.2, 0) is 27.3 Å². The summed E-state index contributed by atoms with van der Waals surface area (Å²) in [6.07, 6.45) is 0.803. The van der Waals surface area contributed by atoms with Crippen LogP contribution in [0.1, 0.15) is 29.2 Å². The number of aryl methyl sites for hydroxylation is 2. The Kier molecular flexibility index (Phi) is 5.83. The molecule has 0 saturated heterocycles. The first-order chi connectivity index (χ1) is 13.3. The number of nitrogens with zero attached hydrogens (tertiary/aromatic N) is 1. The van der Waals surface area contributed by atoms with Crippen LogP contribution < -0.4 is 0 Å². The van der Waals surface area contributed by atoms with E-state index >= 15 is 0 Å². The predicted molar refractivity (Wildman–Crippen MR) is 108 cm³/mol. The molecule has 3 aromatic rings. The second-order valence-corrected chi connectivity index (χ2v) is 7.18. The minimum atomic E-state index is -0.844. The predicted octanol–water partition coefficient (Wildman–Crippen LogP) is 4.18. The average Bonchev–Trinajstić information content (AvgIpc) is 3.03. The molecule has 0 spiro atoms. The van der Waals surface area contributed by atoms with Crippen LogP contribution in [0.3, 0.4) is 0 Å². The second-order valence-electron chi connectivity index (χ2n) is 7.18. The van der Waals surface area contributed by atoms with Crippen molar-refractivity contribution in [2.45, 2.75) is 39.8 Å². The molecule has 0 saturated carbocycles. The van der Waals surface area contributed by atoms with Crippen LogP contribution in [0.15, 0.2) is 53.1 Å². The number of esters is 1. The minimum absolute atomic E-state index is 0.0650. The molecule has 0 N–H and O–H groups in total. The standard InChI is InChI=1S/C23H25NO4/c1-15-10-20-19(14-27-21(20)11-16(15)2)12-22(25)28-17(3)23(26)24(4)13-18-8-6-5-7-9-18/h5-11,14,17H,12-13H2,1-4H3/t17-/m1/s1. The number of benzene rings is 2. The van der Waals surface area contributed by atoms with Gasteiger partial charge in [-0.1, -0.05) is 30.3 Å². The molecular weight excluding hydrogens is 354 g/mol. The van der Waals surface area contributed by atoms with Crippen LogP contribution in [0, 0.1) is 13.8 Å². The number of hydrogen-bond donors (Lipinski definition) is 0. The van der Waals surface area contributed by atoms with E-state index in [9.17, 15) is 9.59 Å². The number of hydrogen-bond acceptors (Lipinski definition) is 4. The fourth-order valence-electron chi connectivity index (χ4n) is 3.16. The molecule has 5 heteroatoms. The molecular formula is C23H25NO4. The van der Waals surface area contributed by atoms with Gasteiger partial charge in [-0.2, -0.15) is 0 Å². The van der Waals surface area contributed by atoms with Crippen LogP contribution in [0.25, 0.3) is 11.0 Å². The van der Waals surface area contributed by atoms with E-state index in [2.05, 4.69) is 0 Å². The Morgan fingerprint density at radius 2 is 1.79 bits per heavy atom. The molecule has 1 aromatic heterocycles. The maximum absolute atomic E-state index is 12.5. The summed E-state index contributed by atoms with van der Waals surface area (Å²) in [7, 11) is 1.70. The topological polar surface area (TPSA) is 59.8 Å². The van der Waals surface area contributed by atoms with Gasteiger partial charge in [0.1, 0.15) is 5.58 Å². The number of furan rings is 1. The van der Waals surface area contributed by atoms with Crippen molar-refractivity contribution in [3.63, 3.8) is 0 Å². The average molecular weight is 379 g/mol. The zero-order chi connectivity index (χ0) is 20.3. The van der Waals surface area contributed by atoms with E-state index in [0.29, 0.717) is 6.54 Å². The summed E-state index contributed by atoms with van der Waals surface area (Å²) in [6.45, 7) is 6.10. The molecule has 2 aromatic carbocycles. The van der Waals surface area contributed by atoms with Gasteiger partial charge in [-0.15, -0.1) is 0 Å². The first-order valence-corrected chi connectivity index (χ1v) is 9.31. The smallest absolute Gasteiger partial charge is 0.311 e. The number of carbonyl (C=O) groups is 2. The zero-order valence-corrected chi connectivity index (χ0v) is 16.7. The fraction of sp³-hybridized carbons (Fsp3) is 0.304. The molecule has 28 heavy (non-hydrogen) atoms. The van der Waals surface area contributed by atoms with Crippen molar-refractivity contribution in [1.82, 2.24) is 4.90 Å². The van der Waals surface area contributed by atoms with Crippen LogP contribution >= 0.6 is 0 Å². The zero-order valence-electron chi connectivity index (χ0n) is 16.7.